The molecule has 434 valence electrons. The first-order valence-corrected chi connectivity index (χ1v) is 30.9. The van der Waals surface area contributed by atoms with E-state index in [0.29, 0.717) is 0 Å². The van der Waals surface area contributed by atoms with Gasteiger partial charge in [-0.25, -0.2) is 19.6 Å². The van der Waals surface area contributed by atoms with Gasteiger partial charge in [0, 0.05) is 108 Å². The molecule has 0 saturated heterocycles. The van der Waals surface area contributed by atoms with E-state index < -0.39 is 29.4 Å². The Balaban J connectivity index is 0.000000158. The molecule has 2 atom stereocenters. The molecule has 2 N–H and O–H groups in total. The molecule has 0 saturated carbocycles. The van der Waals surface area contributed by atoms with E-state index in [4.69, 9.17) is 19.2 Å². The average Bonchev–Trinajstić information content (AvgIpc) is 3.26. The van der Waals surface area contributed by atoms with E-state index in [0.717, 1.165) is 152 Å². The monoisotopic (exact) mass is 1210 g/mol. The lowest BCUT2D eigenvalue weighted by Crippen LogP contribution is -2.31. The van der Waals surface area contributed by atoms with Crippen molar-refractivity contribution in [3.05, 3.63) is 130 Å². The number of aliphatic carboxylic acids is 1. The lowest BCUT2D eigenvalue weighted by atomic mass is 9.87. The molecule has 0 aliphatic carbocycles. The number of hydrogen-bond donors (Lipinski definition) is 2. The molecule has 8 aromatic rings. The molecule has 12 rings (SSSR count). The highest BCUT2D eigenvalue weighted by molar-refractivity contribution is 9.11. The number of aromatic nitrogens is 4. The molecule has 0 bridgehead atoms. The first-order chi connectivity index (χ1) is 38.8. The minimum absolute atomic E-state index is 0.384. The van der Waals surface area contributed by atoms with Crippen molar-refractivity contribution in [2.75, 3.05) is 57.6 Å². The Morgan fingerprint density at radius 1 is 0.659 bits per heavy atom. The fourth-order valence-corrected chi connectivity index (χ4v) is 15.1. The Morgan fingerprint density at radius 2 is 1.16 bits per heavy atom. The number of fused-ring (bicyclic) bond motifs is 2. The number of aryl methyl sites for hydroxylation is 4. The van der Waals surface area contributed by atoms with Crippen molar-refractivity contribution in [1.29, 1.82) is 0 Å². The first kappa shape index (κ1) is 59.2. The van der Waals surface area contributed by atoms with Crippen LogP contribution in [-0.4, -0.2) is 105 Å². The smallest absolute Gasteiger partial charge is 0.339 e. The zero-order chi connectivity index (χ0) is 58.9. The van der Waals surface area contributed by atoms with E-state index in [1.54, 1.807) is 22.7 Å². The fourth-order valence-electron chi connectivity index (χ4n) is 12.2. The number of nitrogens with one attached hydrogen (secondary N) is 1. The van der Waals surface area contributed by atoms with Crippen LogP contribution in [0.4, 0.5) is 16.5 Å². The average molecular weight is 1210 g/mol. The number of hydrogen-bond acceptors (Lipinski definition) is 13. The number of ether oxygens (including phenoxy) is 3. The van der Waals surface area contributed by atoms with Crippen molar-refractivity contribution < 1.29 is 28.9 Å². The Bertz CT molecular complexity index is 3730. The summed E-state index contributed by atoms with van der Waals surface area (Å²) in [5.41, 5.74) is 18.1. The Kier molecular flexibility index (Phi) is 16.8. The summed E-state index contributed by atoms with van der Waals surface area (Å²) in [6, 6.07) is 21.3. The van der Waals surface area contributed by atoms with Gasteiger partial charge in [0.2, 0.25) is 0 Å². The summed E-state index contributed by atoms with van der Waals surface area (Å²) < 4.78 is 23.7. The number of carbonyl (C=O) groups excluding carboxylic acids is 1. The van der Waals surface area contributed by atoms with E-state index in [2.05, 4.69) is 166 Å². The van der Waals surface area contributed by atoms with Crippen molar-refractivity contribution in [2.45, 2.75) is 146 Å². The molecule has 0 unspecified atom stereocenters. The van der Waals surface area contributed by atoms with Crippen molar-refractivity contribution >= 4 is 88.9 Å². The lowest BCUT2D eigenvalue weighted by molar-refractivity contribution is -0.164. The molecular weight excluding hydrogens is 1130 g/mol. The number of carboxylic acid groups (broad SMARTS) is 1. The summed E-state index contributed by atoms with van der Waals surface area (Å²) in [4.78, 5) is 45.3. The third-order valence-electron chi connectivity index (χ3n) is 16.0. The molecule has 0 fully saturated rings. The van der Waals surface area contributed by atoms with E-state index in [-0.39, 0.29) is 5.97 Å². The number of esters is 1. The number of benzene rings is 4. The maximum atomic E-state index is 13.0. The fraction of sp³-hybridized carbons (Fsp3) is 0.446. The van der Waals surface area contributed by atoms with Crippen molar-refractivity contribution in [1.82, 2.24) is 28.9 Å². The molecule has 0 spiro atoms. The number of rotatable bonds is 9. The molecule has 82 heavy (non-hydrogen) atoms. The van der Waals surface area contributed by atoms with Gasteiger partial charge >= 0.3 is 11.9 Å². The molecule has 4 aliphatic heterocycles. The zero-order valence-electron chi connectivity index (χ0n) is 50.3. The van der Waals surface area contributed by atoms with E-state index >= 15 is 0 Å². The number of halogens is 1. The minimum Gasteiger partial charge on any atom is -0.479 e. The van der Waals surface area contributed by atoms with Crippen LogP contribution < -0.4 is 10.2 Å². The van der Waals surface area contributed by atoms with Crippen molar-refractivity contribution in [3.63, 3.8) is 0 Å². The normalized spacial score (nSPS) is 15.9. The summed E-state index contributed by atoms with van der Waals surface area (Å²) in [7, 11) is 5.73. The molecule has 4 aromatic carbocycles. The van der Waals surface area contributed by atoms with Crippen LogP contribution in [0.15, 0.2) is 64.6 Å². The van der Waals surface area contributed by atoms with Gasteiger partial charge in [-0.3, -0.25) is 0 Å². The van der Waals surface area contributed by atoms with Crippen LogP contribution in [0.1, 0.15) is 120 Å². The number of nitrogens with zero attached hydrogens (tertiary/aromatic N) is 7. The highest BCUT2D eigenvalue weighted by Crippen LogP contribution is 2.51. The molecular formula is C65H79BrN8O6S2. The lowest BCUT2D eigenvalue weighted by Gasteiger charge is -2.34. The topological polar surface area (TPSA) is 139 Å². The predicted octanol–water partition coefficient (Wildman–Crippen LogP) is 14.4. The second-order valence-corrected chi connectivity index (χ2v) is 27.9. The summed E-state index contributed by atoms with van der Waals surface area (Å²) in [5, 5.41) is 17.4. The Morgan fingerprint density at radius 3 is 1.70 bits per heavy atom. The van der Waals surface area contributed by atoms with Gasteiger partial charge < -0.3 is 48.5 Å². The first-order valence-electron chi connectivity index (χ1n) is 28.4. The summed E-state index contributed by atoms with van der Waals surface area (Å²) in [6.45, 7) is 31.8. The maximum Gasteiger partial charge on any atom is 0.339 e. The van der Waals surface area contributed by atoms with Crippen LogP contribution in [0.5, 0.6) is 0 Å². The van der Waals surface area contributed by atoms with Gasteiger partial charge in [0.15, 0.2) is 21.3 Å². The predicted molar refractivity (Wildman–Crippen MR) is 337 cm³/mol. The molecule has 4 aromatic heterocycles. The van der Waals surface area contributed by atoms with Gasteiger partial charge in [-0.15, -0.1) is 11.3 Å². The van der Waals surface area contributed by atoms with Crippen LogP contribution in [0, 0.1) is 41.5 Å². The molecule has 4 aliphatic rings. The second-order valence-electron chi connectivity index (χ2n) is 24.5. The quantitative estimate of drug-likeness (QED) is 0.133. The Labute approximate surface area is 499 Å². The van der Waals surface area contributed by atoms with Crippen LogP contribution in [-0.2, 0) is 62.8 Å². The van der Waals surface area contributed by atoms with Crippen LogP contribution in [0.2, 0.25) is 0 Å². The number of methoxy groups -OCH3 is 1. The standard InChI is InChI=1S/C32H38N4O3S.C26H32N2O3.C7H9BrN2S/c1-18-8-10-21(11-9-18)26-22-16-19(2)35-14-15-36(31-33-23-12-13-34(7)17-24(23)40-31)27(28(22)35)20(3)25(26)29(30(37)38)39-32(4,5)6;1-15-8-10-18(11-9-15)21-19-14-16(2)28-13-12-27-22(23(19)28)17(3)20(21)24(25(29)30-7)31-26(4,5)6;1-10-3-2-5-6(4-10)11-7(8)9-5/h8-11,16,29H,12-15,17H2,1-7H3,(H,37,38);8-11,14,24,27H,12-13H2,1-7H3;2-4H2,1H3/t29-;24-;/m00./s1. The van der Waals surface area contributed by atoms with Gasteiger partial charge in [-0.05, 0) is 159 Å². The van der Waals surface area contributed by atoms with Gasteiger partial charge in [-0.2, -0.15) is 0 Å². The van der Waals surface area contributed by atoms with Gasteiger partial charge in [0.1, 0.15) is 0 Å². The minimum atomic E-state index is -1.12. The van der Waals surface area contributed by atoms with Crippen molar-refractivity contribution in [3.8, 4) is 22.3 Å². The molecule has 14 nitrogen and oxygen atoms in total. The van der Waals surface area contributed by atoms with E-state index in [1.165, 1.54) is 50.7 Å². The number of anilines is 3. The summed E-state index contributed by atoms with van der Waals surface area (Å²) in [6.07, 6.45) is 0.114. The molecule has 0 radical (unpaired) electrons. The zero-order valence-corrected chi connectivity index (χ0v) is 53.5. The molecule has 17 heteroatoms. The largest absolute Gasteiger partial charge is 0.479 e. The van der Waals surface area contributed by atoms with Gasteiger partial charge in [-0.1, -0.05) is 71.0 Å². The SMILES string of the molecule is CN1CCc2nc(Br)sc2C1.COC(=O)[C@@H](OC(C)(C)C)c1c(C)c2c3c(cc(C)n3CCN2)c1-c1ccc(C)cc1.Cc1ccc(-c2c([C@H](OC(C)(C)C)C(=O)O)c(C)c3c4c2cc(C)n4CCN3c2nc3c(s2)CN(C)CC3)cc1. The highest BCUT2D eigenvalue weighted by atomic mass is 79.9. The number of carboxylic acids is 1. The van der Waals surface area contributed by atoms with Gasteiger partial charge in [0.05, 0.1) is 52.1 Å². The van der Waals surface area contributed by atoms with Crippen LogP contribution in [0.25, 0.3) is 44.1 Å². The number of likely N-dealkylation sites (N-methyl/N-ethyl adjacent to an activating group) is 2. The van der Waals surface area contributed by atoms with E-state index in [1.807, 2.05) is 41.5 Å². The van der Waals surface area contributed by atoms with Crippen LogP contribution >= 0.6 is 38.6 Å². The molecule has 8 heterocycles. The highest BCUT2D eigenvalue weighted by Gasteiger charge is 2.39. The molecule has 0 amide bonds. The number of carbonyl (C=O) groups is 2. The van der Waals surface area contributed by atoms with Crippen LogP contribution in [0.3, 0.4) is 0 Å². The third-order valence-corrected chi connectivity index (χ3v) is 18.6. The Hall–Kier alpha value is -5.92. The second kappa shape index (κ2) is 23.3. The summed E-state index contributed by atoms with van der Waals surface area (Å²) >= 11 is 6.93. The maximum absolute atomic E-state index is 13.0. The van der Waals surface area contributed by atoms with Crippen molar-refractivity contribution in [2.24, 2.45) is 0 Å². The van der Waals surface area contributed by atoms with E-state index in [9.17, 15) is 14.7 Å². The number of thiazole rings is 2. The third kappa shape index (κ3) is 11.8. The van der Waals surface area contributed by atoms with Gasteiger partial charge in [0.25, 0.3) is 0 Å². The summed E-state index contributed by atoms with van der Waals surface area (Å²) in [5.74, 6) is -1.37.